The Labute approximate surface area is 169 Å². The van der Waals surface area contributed by atoms with Crippen LogP contribution in [-0.2, 0) is 0 Å². The molecule has 1 atom stereocenters. The number of rotatable bonds is 5. The lowest BCUT2D eigenvalue weighted by atomic mass is 9.94. The van der Waals surface area contributed by atoms with Crippen molar-refractivity contribution in [3.63, 3.8) is 0 Å². The summed E-state index contributed by atoms with van der Waals surface area (Å²) < 4.78 is 6.01. The fraction of sp³-hybridized carbons (Fsp3) is 0.524. The minimum Gasteiger partial charge on any atom is -0.474 e. The van der Waals surface area contributed by atoms with Crippen molar-refractivity contribution < 1.29 is 14.3 Å². The van der Waals surface area contributed by atoms with Crippen molar-refractivity contribution in [2.45, 2.75) is 57.0 Å². The fourth-order valence-electron chi connectivity index (χ4n) is 4.23. The van der Waals surface area contributed by atoms with E-state index in [0.717, 1.165) is 31.4 Å². The highest BCUT2D eigenvalue weighted by atomic mass is 16.5. The Kier molecular flexibility index (Phi) is 5.78. The standard InChI is InChI=1S/C21H27N5O3/c22-20(27)18-12-17(24-25-18)15-5-4-10-26(13-15)21(28)14-8-9-23-19(11-14)29-16-6-2-1-3-7-16/h8-9,11-12,15-16H,1-7,10,13H2,(H2,22,27)(H,24,25). The van der Waals surface area contributed by atoms with E-state index in [4.69, 9.17) is 10.5 Å². The number of ether oxygens (including phenoxy) is 1. The van der Waals surface area contributed by atoms with Gasteiger partial charge in [-0.1, -0.05) is 6.42 Å². The van der Waals surface area contributed by atoms with Gasteiger partial charge in [-0.05, 0) is 50.7 Å². The van der Waals surface area contributed by atoms with Crippen LogP contribution in [0, 0.1) is 0 Å². The molecular formula is C21H27N5O3. The molecule has 8 nitrogen and oxygen atoms in total. The molecule has 8 heteroatoms. The SMILES string of the molecule is NC(=O)c1cc(C2CCCN(C(=O)c3ccnc(OC4CCCCC4)c3)C2)[nH]n1. The summed E-state index contributed by atoms with van der Waals surface area (Å²) in [4.78, 5) is 30.5. The summed E-state index contributed by atoms with van der Waals surface area (Å²) in [6.45, 7) is 1.27. The smallest absolute Gasteiger partial charge is 0.269 e. The fourth-order valence-corrected chi connectivity index (χ4v) is 4.23. The first-order valence-corrected chi connectivity index (χ1v) is 10.4. The highest BCUT2D eigenvalue weighted by Gasteiger charge is 2.27. The molecule has 1 saturated heterocycles. The predicted molar refractivity (Wildman–Crippen MR) is 107 cm³/mol. The van der Waals surface area contributed by atoms with Crippen molar-refractivity contribution in [2.24, 2.45) is 5.73 Å². The number of primary amides is 1. The van der Waals surface area contributed by atoms with Gasteiger partial charge >= 0.3 is 0 Å². The van der Waals surface area contributed by atoms with Crippen LogP contribution in [0.4, 0.5) is 0 Å². The average molecular weight is 397 g/mol. The monoisotopic (exact) mass is 397 g/mol. The Morgan fingerprint density at radius 1 is 1.14 bits per heavy atom. The number of amides is 2. The third kappa shape index (κ3) is 4.58. The lowest BCUT2D eigenvalue weighted by Crippen LogP contribution is -2.39. The highest BCUT2D eigenvalue weighted by Crippen LogP contribution is 2.28. The molecule has 1 aliphatic heterocycles. The number of pyridine rings is 1. The molecule has 1 unspecified atom stereocenters. The van der Waals surface area contributed by atoms with Crippen LogP contribution < -0.4 is 10.5 Å². The molecule has 4 rings (SSSR count). The number of hydrogen-bond acceptors (Lipinski definition) is 5. The molecule has 2 aromatic rings. The molecular weight excluding hydrogens is 370 g/mol. The second kappa shape index (κ2) is 8.63. The first kappa shape index (κ1) is 19.4. The lowest BCUT2D eigenvalue weighted by molar-refractivity contribution is 0.0704. The van der Waals surface area contributed by atoms with Crippen LogP contribution in [0.25, 0.3) is 0 Å². The molecule has 2 amide bonds. The normalized spacial score (nSPS) is 20.4. The van der Waals surface area contributed by atoms with Crippen LogP contribution >= 0.6 is 0 Å². The molecule has 3 heterocycles. The highest BCUT2D eigenvalue weighted by molar-refractivity contribution is 5.94. The number of likely N-dealkylation sites (tertiary alicyclic amines) is 1. The van der Waals surface area contributed by atoms with E-state index >= 15 is 0 Å². The summed E-state index contributed by atoms with van der Waals surface area (Å²) in [6, 6.07) is 5.17. The first-order valence-electron chi connectivity index (χ1n) is 10.4. The van der Waals surface area contributed by atoms with E-state index in [1.165, 1.54) is 19.3 Å². The van der Waals surface area contributed by atoms with Gasteiger partial charge in [0, 0.05) is 42.5 Å². The molecule has 1 saturated carbocycles. The average Bonchev–Trinajstić information content (AvgIpc) is 3.25. The molecule has 29 heavy (non-hydrogen) atoms. The number of carbonyl (C=O) groups excluding carboxylic acids is 2. The van der Waals surface area contributed by atoms with Crippen LogP contribution in [0.5, 0.6) is 5.88 Å². The zero-order valence-corrected chi connectivity index (χ0v) is 16.5. The zero-order chi connectivity index (χ0) is 20.2. The van der Waals surface area contributed by atoms with Gasteiger partial charge in [0.1, 0.15) is 11.8 Å². The van der Waals surface area contributed by atoms with Crippen molar-refractivity contribution >= 4 is 11.8 Å². The maximum absolute atomic E-state index is 13.1. The van der Waals surface area contributed by atoms with Crippen molar-refractivity contribution in [1.82, 2.24) is 20.1 Å². The summed E-state index contributed by atoms with van der Waals surface area (Å²) in [5.41, 5.74) is 6.94. The van der Waals surface area contributed by atoms with E-state index in [1.807, 2.05) is 4.90 Å². The van der Waals surface area contributed by atoms with Crippen molar-refractivity contribution in [3.05, 3.63) is 41.3 Å². The quantitative estimate of drug-likeness (QED) is 0.805. The second-order valence-corrected chi connectivity index (χ2v) is 7.92. The van der Waals surface area contributed by atoms with E-state index in [1.54, 1.807) is 24.4 Å². The Morgan fingerprint density at radius 2 is 1.97 bits per heavy atom. The van der Waals surface area contributed by atoms with Gasteiger partial charge in [-0.2, -0.15) is 5.10 Å². The van der Waals surface area contributed by atoms with Crippen LogP contribution in [0.3, 0.4) is 0 Å². The predicted octanol–water partition coefficient (Wildman–Crippen LogP) is 2.63. The van der Waals surface area contributed by atoms with Gasteiger partial charge in [-0.15, -0.1) is 0 Å². The summed E-state index contributed by atoms with van der Waals surface area (Å²) in [5.74, 6) is 0.0443. The Balaban J connectivity index is 1.43. The number of aromatic amines is 1. The van der Waals surface area contributed by atoms with Gasteiger partial charge in [-0.3, -0.25) is 14.7 Å². The molecule has 154 valence electrons. The largest absolute Gasteiger partial charge is 0.474 e. The Bertz CT molecular complexity index is 875. The molecule has 2 fully saturated rings. The molecule has 1 aliphatic carbocycles. The van der Waals surface area contributed by atoms with Gasteiger partial charge in [0.05, 0.1) is 0 Å². The topological polar surface area (TPSA) is 114 Å². The first-order chi connectivity index (χ1) is 14.1. The van der Waals surface area contributed by atoms with Gasteiger partial charge in [0.2, 0.25) is 5.88 Å². The summed E-state index contributed by atoms with van der Waals surface area (Å²) >= 11 is 0. The third-order valence-corrected chi connectivity index (χ3v) is 5.82. The number of nitrogens with zero attached hydrogens (tertiary/aromatic N) is 3. The van der Waals surface area contributed by atoms with Crippen molar-refractivity contribution in [2.75, 3.05) is 13.1 Å². The third-order valence-electron chi connectivity index (χ3n) is 5.82. The van der Waals surface area contributed by atoms with E-state index in [2.05, 4.69) is 15.2 Å². The number of piperidine rings is 1. The van der Waals surface area contributed by atoms with Crippen LogP contribution in [-0.4, -0.2) is 51.1 Å². The minimum atomic E-state index is -0.557. The maximum atomic E-state index is 13.1. The number of nitrogens with one attached hydrogen (secondary N) is 1. The zero-order valence-electron chi connectivity index (χ0n) is 16.5. The molecule has 2 aliphatic rings. The molecule has 2 aromatic heterocycles. The summed E-state index contributed by atoms with van der Waals surface area (Å²) in [5, 5.41) is 6.85. The molecule has 0 aromatic carbocycles. The minimum absolute atomic E-state index is 0.0276. The van der Waals surface area contributed by atoms with E-state index in [9.17, 15) is 9.59 Å². The van der Waals surface area contributed by atoms with Crippen LogP contribution in [0.15, 0.2) is 24.4 Å². The van der Waals surface area contributed by atoms with Gasteiger partial charge in [-0.25, -0.2) is 4.98 Å². The van der Waals surface area contributed by atoms with Crippen molar-refractivity contribution in [3.8, 4) is 5.88 Å². The maximum Gasteiger partial charge on any atom is 0.269 e. The van der Waals surface area contributed by atoms with E-state index < -0.39 is 5.91 Å². The molecule has 3 N–H and O–H groups in total. The summed E-state index contributed by atoms with van der Waals surface area (Å²) in [7, 11) is 0. The molecule has 0 spiro atoms. The molecule has 0 bridgehead atoms. The van der Waals surface area contributed by atoms with Gasteiger partial charge in [0.25, 0.3) is 11.8 Å². The van der Waals surface area contributed by atoms with E-state index in [-0.39, 0.29) is 23.6 Å². The number of H-pyrrole nitrogens is 1. The van der Waals surface area contributed by atoms with Crippen LogP contribution in [0.1, 0.15) is 77.4 Å². The van der Waals surface area contributed by atoms with Gasteiger partial charge < -0.3 is 15.4 Å². The number of carbonyl (C=O) groups is 2. The second-order valence-electron chi connectivity index (χ2n) is 7.92. The Morgan fingerprint density at radius 3 is 2.72 bits per heavy atom. The lowest BCUT2D eigenvalue weighted by Gasteiger charge is -2.32. The number of nitrogens with two attached hydrogens (primary N) is 1. The van der Waals surface area contributed by atoms with Crippen molar-refractivity contribution in [1.29, 1.82) is 0 Å². The van der Waals surface area contributed by atoms with E-state index in [0.29, 0.717) is 24.5 Å². The van der Waals surface area contributed by atoms with Gasteiger partial charge in [0.15, 0.2) is 0 Å². The summed E-state index contributed by atoms with van der Waals surface area (Å²) in [6.07, 6.45) is 9.37. The number of hydrogen-bond donors (Lipinski definition) is 2. The Hall–Kier alpha value is -2.90. The number of aromatic nitrogens is 3. The molecule has 0 radical (unpaired) electrons. The van der Waals surface area contributed by atoms with Crippen LogP contribution in [0.2, 0.25) is 0 Å².